The molecule has 0 fully saturated rings. The number of benzene rings is 3. The molecule has 246 valence electrons. The third-order valence-electron chi connectivity index (χ3n) is 7.95. The van der Waals surface area contributed by atoms with E-state index in [4.69, 9.17) is 14.6 Å². The SMILES string of the molecule is COc1ccccc1Cn1c(CCc2ccccc2)nnc1[C@@H](Cc1c[nH]c2ccccc12)NC(=O)C(C)(C)NC(=O)OC(C)(C)C. The quantitative estimate of drug-likeness (QED) is 0.148. The molecule has 47 heavy (non-hydrogen) atoms. The summed E-state index contributed by atoms with van der Waals surface area (Å²) in [5.41, 5.74) is 2.17. The van der Waals surface area contributed by atoms with E-state index in [1.165, 1.54) is 5.56 Å². The average molecular weight is 637 g/mol. The van der Waals surface area contributed by atoms with Crippen LogP contribution in [0, 0.1) is 0 Å². The Morgan fingerprint density at radius 2 is 1.57 bits per heavy atom. The first kappa shape index (κ1) is 33.2. The Bertz CT molecular complexity index is 1820. The number of carbonyl (C=O) groups is 2. The molecular formula is C37H44N6O4. The van der Waals surface area contributed by atoms with Crippen molar-refractivity contribution >= 4 is 22.9 Å². The highest BCUT2D eigenvalue weighted by molar-refractivity contribution is 5.89. The Morgan fingerprint density at radius 1 is 0.872 bits per heavy atom. The van der Waals surface area contributed by atoms with Crippen LogP contribution in [0.4, 0.5) is 4.79 Å². The molecule has 0 aliphatic rings. The molecule has 0 spiro atoms. The predicted octanol–water partition coefficient (Wildman–Crippen LogP) is 6.30. The van der Waals surface area contributed by atoms with Gasteiger partial charge >= 0.3 is 6.09 Å². The van der Waals surface area contributed by atoms with Gasteiger partial charge in [0.2, 0.25) is 5.91 Å². The number of amides is 2. The highest BCUT2D eigenvalue weighted by Crippen LogP contribution is 2.27. The highest BCUT2D eigenvalue weighted by atomic mass is 16.6. The fourth-order valence-corrected chi connectivity index (χ4v) is 5.55. The lowest BCUT2D eigenvalue weighted by Crippen LogP contribution is -2.56. The summed E-state index contributed by atoms with van der Waals surface area (Å²) < 4.78 is 13.2. The highest BCUT2D eigenvalue weighted by Gasteiger charge is 2.35. The van der Waals surface area contributed by atoms with Crippen LogP contribution in [0.3, 0.4) is 0 Å². The minimum atomic E-state index is -1.29. The number of para-hydroxylation sites is 2. The molecule has 3 N–H and O–H groups in total. The maximum atomic E-state index is 14.0. The van der Waals surface area contributed by atoms with Crippen LogP contribution in [0.25, 0.3) is 10.9 Å². The van der Waals surface area contributed by atoms with Crippen molar-refractivity contribution in [3.05, 3.63) is 113 Å². The number of aromatic nitrogens is 4. The molecule has 0 saturated heterocycles. The number of nitrogens with one attached hydrogen (secondary N) is 3. The zero-order valence-corrected chi connectivity index (χ0v) is 28.0. The van der Waals surface area contributed by atoms with Gasteiger partial charge in [-0.1, -0.05) is 66.7 Å². The zero-order chi connectivity index (χ0) is 33.6. The molecular weight excluding hydrogens is 592 g/mol. The first-order valence-corrected chi connectivity index (χ1v) is 15.9. The third kappa shape index (κ3) is 8.38. The normalized spacial score (nSPS) is 12.5. The summed E-state index contributed by atoms with van der Waals surface area (Å²) in [7, 11) is 1.65. The first-order valence-electron chi connectivity index (χ1n) is 15.9. The van der Waals surface area contributed by atoms with Crippen molar-refractivity contribution in [1.82, 2.24) is 30.4 Å². The maximum Gasteiger partial charge on any atom is 0.408 e. The van der Waals surface area contributed by atoms with E-state index in [-0.39, 0.29) is 5.91 Å². The van der Waals surface area contributed by atoms with Gasteiger partial charge in [-0.05, 0) is 64.3 Å². The number of ether oxygens (including phenoxy) is 2. The summed E-state index contributed by atoms with van der Waals surface area (Å²) in [4.78, 5) is 30.0. The lowest BCUT2D eigenvalue weighted by molar-refractivity contribution is -0.127. The van der Waals surface area contributed by atoms with Crippen molar-refractivity contribution in [3.8, 4) is 5.75 Å². The summed E-state index contributed by atoms with van der Waals surface area (Å²) >= 11 is 0. The molecule has 0 aliphatic heterocycles. The van der Waals surface area contributed by atoms with Crippen LogP contribution in [-0.4, -0.2) is 50.0 Å². The van der Waals surface area contributed by atoms with Gasteiger partial charge in [0, 0.05) is 35.5 Å². The van der Waals surface area contributed by atoms with Crippen molar-refractivity contribution in [1.29, 1.82) is 0 Å². The summed E-state index contributed by atoms with van der Waals surface area (Å²) in [6, 6.07) is 25.6. The van der Waals surface area contributed by atoms with Gasteiger partial charge in [0.05, 0.1) is 19.7 Å². The molecule has 5 rings (SSSR count). The molecule has 2 heterocycles. The minimum Gasteiger partial charge on any atom is -0.496 e. The fraction of sp³-hybridized carbons (Fsp3) is 0.351. The van der Waals surface area contributed by atoms with E-state index in [1.54, 1.807) is 41.7 Å². The lowest BCUT2D eigenvalue weighted by atomic mass is 10.0. The average Bonchev–Trinajstić information content (AvgIpc) is 3.63. The van der Waals surface area contributed by atoms with Crippen LogP contribution in [-0.2, 0) is 35.3 Å². The Morgan fingerprint density at radius 3 is 2.32 bits per heavy atom. The van der Waals surface area contributed by atoms with E-state index in [0.29, 0.717) is 25.2 Å². The molecule has 0 unspecified atom stereocenters. The molecule has 1 atom stereocenters. The summed E-state index contributed by atoms with van der Waals surface area (Å²) in [5, 5.41) is 16.4. The smallest absolute Gasteiger partial charge is 0.408 e. The number of carbonyl (C=O) groups excluding carboxylic acids is 2. The third-order valence-corrected chi connectivity index (χ3v) is 7.95. The second-order valence-corrected chi connectivity index (χ2v) is 13.2. The van der Waals surface area contributed by atoms with Crippen LogP contribution in [0.2, 0.25) is 0 Å². The number of rotatable bonds is 12. The number of aryl methyl sites for hydroxylation is 2. The van der Waals surface area contributed by atoms with Crippen molar-refractivity contribution in [3.63, 3.8) is 0 Å². The van der Waals surface area contributed by atoms with Crippen LogP contribution >= 0.6 is 0 Å². The van der Waals surface area contributed by atoms with Gasteiger partial charge in [0.1, 0.15) is 22.7 Å². The Hall–Kier alpha value is -5.12. The molecule has 3 aromatic carbocycles. The molecule has 0 bridgehead atoms. The van der Waals surface area contributed by atoms with E-state index in [1.807, 2.05) is 66.9 Å². The zero-order valence-electron chi connectivity index (χ0n) is 28.0. The fourth-order valence-electron chi connectivity index (χ4n) is 5.55. The number of nitrogens with zero attached hydrogens (tertiary/aromatic N) is 3. The van der Waals surface area contributed by atoms with Crippen molar-refractivity contribution in [2.45, 2.75) is 77.6 Å². The molecule has 2 aromatic heterocycles. The monoisotopic (exact) mass is 636 g/mol. The van der Waals surface area contributed by atoms with Gasteiger partial charge in [0.25, 0.3) is 0 Å². The van der Waals surface area contributed by atoms with Crippen LogP contribution in [0.15, 0.2) is 85.1 Å². The Labute approximate surface area is 275 Å². The molecule has 0 aliphatic carbocycles. The number of H-pyrrole nitrogens is 1. The maximum absolute atomic E-state index is 14.0. The van der Waals surface area contributed by atoms with Gasteiger partial charge in [0.15, 0.2) is 5.82 Å². The largest absolute Gasteiger partial charge is 0.496 e. The van der Waals surface area contributed by atoms with Crippen molar-refractivity contribution < 1.29 is 19.1 Å². The van der Waals surface area contributed by atoms with Gasteiger partial charge in [-0.3, -0.25) is 4.79 Å². The molecule has 0 saturated carbocycles. The second-order valence-electron chi connectivity index (χ2n) is 13.2. The van der Waals surface area contributed by atoms with E-state index in [0.717, 1.165) is 40.0 Å². The number of hydrogen-bond donors (Lipinski definition) is 3. The molecule has 2 amide bonds. The topological polar surface area (TPSA) is 123 Å². The van der Waals surface area contributed by atoms with E-state index < -0.39 is 23.3 Å². The number of alkyl carbamates (subject to hydrolysis) is 1. The van der Waals surface area contributed by atoms with Gasteiger partial charge in [-0.2, -0.15) is 0 Å². The van der Waals surface area contributed by atoms with Gasteiger partial charge in [-0.15, -0.1) is 10.2 Å². The Kier molecular flexibility index (Phi) is 9.98. The van der Waals surface area contributed by atoms with Crippen molar-refractivity contribution in [2.24, 2.45) is 0 Å². The van der Waals surface area contributed by atoms with Crippen molar-refractivity contribution in [2.75, 3.05) is 7.11 Å². The van der Waals surface area contributed by atoms with Crippen LogP contribution in [0.1, 0.15) is 69.0 Å². The van der Waals surface area contributed by atoms with E-state index >= 15 is 0 Å². The van der Waals surface area contributed by atoms with Crippen LogP contribution in [0.5, 0.6) is 5.75 Å². The van der Waals surface area contributed by atoms with Crippen LogP contribution < -0.4 is 15.4 Å². The molecule has 5 aromatic rings. The Balaban J connectivity index is 1.53. The second kappa shape index (κ2) is 14.1. The molecule has 0 radical (unpaired) electrons. The summed E-state index contributed by atoms with van der Waals surface area (Å²) in [5.74, 6) is 1.76. The summed E-state index contributed by atoms with van der Waals surface area (Å²) in [6.07, 6.45) is 3.14. The lowest BCUT2D eigenvalue weighted by Gasteiger charge is -2.30. The summed E-state index contributed by atoms with van der Waals surface area (Å²) in [6.45, 7) is 9.08. The van der Waals surface area contributed by atoms with Gasteiger partial charge < -0.3 is 29.7 Å². The van der Waals surface area contributed by atoms with Gasteiger partial charge in [-0.25, -0.2) is 4.79 Å². The predicted molar refractivity (Wildman–Crippen MR) is 182 cm³/mol. The molecule has 10 heteroatoms. The van der Waals surface area contributed by atoms with E-state index in [9.17, 15) is 9.59 Å². The number of hydrogen-bond acceptors (Lipinski definition) is 6. The van der Waals surface area contributed by atoms with E-state index in [2.05, 4.69) is 43.5 Å². The number of fused-ring (bicyclic) bond motifs is 1. The standard InChI is InChI=1S/C37H44N6O4/c1-36(2,3)47-35(45)40-37(4,5)34(44)39-30(22-27-23-38-29-18-12-11-17-28(27)29)33-42-41-32(21-20-25-14-8-7-9-15-25)43(33)24-26-16-10-13-19-31(26)46-6/h7-19,23,30,38H,20-22,24H2,1-6H3,(H,39,44)(H,40,45)/t30-/m1/s1. The molecule has 10 nitrogen and oxygen atoms in total. The minimum absolute atomic E-state index is 0.383. The first-order chi connectivity index (χ1) is 22.4. The number of methoxy groups -OCH3 is 1. The number of aromatic amines is 1.